The van der Waals surface area contributed by atoms with Gasteiger partial charge in [0.2, 0.25) is 5.71 Å². The molecule has 0 unspecified atom stereocenters. The maximum Gasteiger partial charge on any atom is 0.228 e. The molecule has 0 saturated carbocycles. The number of hydrogen-bond donors (Lipinski definition) is 9. The van der Waals surface area contributed by atoms with E-state index in [0.29, 0.717) is 11.4 Å². The summed E-state index contributed by atoms with van der Waals surface area (Å²) in [6, 6.07) is 73.6. The van der Waals surface area contributed by atoms with Crippen molar-refractivity contribution in [3.05, 3.63) is 442 Å². The van der Waals surface area contributed by atoms with E-state index in [9.17, 15) is 0 Å². The van der Waals surface area contributed by atoms with Crippen molar-refractivity contribution in [2.45, 2.75) is 6.54 Å². The molecule has 0 atom stereocenters. The van der Waals surface area contributed by atoms with Gasteiger partial charge in [-0.1, -0.05) is 126 Å². The minimum absolute atomic E-state index is 0.644. The largest absolute Gasteiger partial charge is 0.446 e. The molecule has 135 heavy (non-hydrogen) atoms. The Morgan fingerprint density at radius 3 is 1.53 bits per heavy atom. The standard InChI is InChI=1S/2C9H7N.2C8H6N2.C8H7N.3C7H6N2.C6H7N3.C6H5N3.C6H4N2O.3C5H4N4.C3H3NO/c1-2-6-9-8(4-1)5-3-7-10-9;1-2-4-9-7-10-6-5-8(9)3-1;1-2-4-8-7(3-1)5-9-6-10-8;1-2-4-8-7(3-1)9-5-6-10-8;1-2-4-8-7(3-1)5-6-9-8;1-4-9-7-2-3-8-5-6(1)7;1-2-5-9-6-4-8-7(9)3-1;1-2-4-7-6(3-1)5-8-9-7;1-2-7-3-5-4-8-9-6(1)5;1-2-8-6-3-7-4-9-5(1)6;1-2-9-6-5(1)3-7-4-8-6;1-5-4(2-8-9-5)7-3-6-1;1-4-5(8-2-6-1)9-3-7-4;1-4-2-8-9-5(4)7-3-6-1;1-2-4-5-3-1/h2*1-7H;2*1-6H;1-6,9H;1-5,9H;1-6H;1-5H,(H,8,9);1-3,8-9H,4H2;1-4,8H;1-4H;1-3H,(H,8,9);2*1-3H,(H,6,7,8,9);1-3H. The Morgan fingerprint density at radius 2 is 0.830 bits per heavy atom. The number of imidazole rings is 2. The summed E-state index contributed by atoms with van der Waals surface area (Å²) in [5.74, 6) is 0. The normalized spacial score (nSPS) is 10.4. The van der Waals surface area contributed by atoms with Crippen LogP contribution in [0.15, 0.2) is 445 Å². The summed E-state index contributed by atoms with van der Waals surface area (Å²) in [6.45, 7) is 0.878. The number of hydrazine groups is 1. The van der Waals surface area contributed by atoms with E-state index >= 15 is 0 Å². The second-order valence-corrected chi connectivity index (χ2v) is 27.7. The summed E-state index contributed by atoms with van der Waals surface area (Å²) < 4.78 is 11.3. The number of pyridine rings is 5. The van der Waals surface area contributed by atoms with Crippen LogP contribution >= 0.6 is 0 Å². The number of furan rings is 1. The van der Waals surface area contributed by atoms with Crippen LogP contribution in [0, 0.1) is 0 Å². The van der Waals surface area contributed by atoms with Gasteiger partial charge >= 0.3 is 0 Å². The van der Waals surface area contributed by atoms with E-state index < -0.39 is 0 Å². The number of anilines is 1. The molecule has 0 fully saturated rings. The first kappa shape index (κ1) is 90.0. The zero-order chi connectivity index (χ0) is 91.8. The fourth-order valence-corrected chi connectivity index (χ4v) is 12.2. The van der Waals surface area contributed by atoms with Gasteiger partial charge in [0.1, 0.15) is 66.4 Å². The summed E-state index contributed by atoms with van der Waals surface area (Å²) in [5, 5.41) is 33.3. The minimum Gasteiger partial charge on any atom is -0.446 e. The monoisotopic (exact) mass is 1780 g/mol. The quantitative estimate of drug-likeness (QED) is 0.0681. The molecule has 1 aliphatic rings. The Morgan fingerprint density at radius 1 is 0.274 bits per heavy atom. The van der Waals surface area contributed by atoms with Crippen LogP contribution in [0.25, 0.3) is 137 Å². The van der Waals surface area contributed by atoms with Crippen molar-refractivity contribution in [1.29, 1.82) is 0 Å². The fourth-order valence-electron chi connectivity index (χ4n) is 12.2. The topological polar surface area (TPSA) is 475 Å². The van der Waals surface area contributed by atoms with Crippen LogP contribution in [0.3, 0.4) is 0 Å². The second-order valence-electron chi connectivity index (χ2n) is 27.7. The van der Waals surface area contributed by atoms with Crippen LogP contribution in [-0.4, -0.2) is 160 Å². The van der Waals surface area contributed by atoms with E-state index in [1.165, 1.54) is 70.5 Å². The Labute approximate surface area is 766 Å². The molecule has 0 saturated heterocycles. The highest BCUT2D eigenvalue weighted by Crippen LogP contribution is 2.18. The number of fused-ring (bicyclic) bond motifs is 14. The van der Waals surface area contributed by atoms with Gasteiger partial charge in [0.15, 0.2) is 11.3 Å². The number of H-pyrrole nitrogens is 7. The Bertz CT molecular complexity index is 6400. The van der Waals surface area contributed by atoms with E-state index in [0.717, 1.165) is 111 Å². The third-order valence-electron chi connectivity index (χ3n) is 18.8. The summed E-state index contributed by atoms with van der Waals surface area (Å²) >= 11 is 0. The average molecular weight is 1780 g/mol. The number of aromatic nitrogens is 32. The molecule has 9 N–H and O–H groups in total. The number of nitrogens with zero attached hydrogens (tertiary/aromatic N) is 25. The van der Waals surface area contributed by atoms with Gasteiger partial charge in [0, 0.05) is 156 Å². The lowest BCUT2D eigenvalue weighted by molar-refractivity contribution is 0.420. The zero-order valence-corrected chi connectivity index (χ0v) is 71.7. The highest BCUT2D eigenvalue weighted by atomic mass is 16.5. The Balaban J connectivity index is 0.000000110. The molecule has 660 valence electrons. The van der Waals surface area contributed by atoms with Gasteiger partial charge in [-0.2, -0.15) is 15.3 Å². The third-order valence-corrected chi connectivity index (χ3v) is 18.8. The van der Waals surface area contributed by atoms with Gasteiger partial charge in [-0.15, -0.1) is 0 Å². The predicted molar refractivity (Wildman–Crippen MR) is 520 cm³/mol. The molecule has 0 radical (unpaired) electrons. The molecule has 0 bridgehead atoms. The summed E-state index contributed by atoms with van der Waals surface area (Å²) in [4.78, 5) is 91.1. The van der Waals surface area contributed by atoms with Crippen molar-refractivity contribution < 1.29 is 8.94 Å². The molecule has 0 aliphatic carbocycles. The molecular formula is C99H82N34O2. The number of benzene rings is 6. The van der Waals surface area contributed by atoms with Crippen molar-refractivity contribution in [3.8, 4) is 0 Å². The van der Waals surface area contributed by atoms with Crippen LogP contribution in [-0.2, 0) is 6.54 Å². The van der Waals surface area contributed by atoms with Crippen LogP contribution in [0.5, 0.6) is 0 Å². The minimum atomic E-state index is 0.644. The third kappa shape index (κ3) is 27.9. The molecule has 36 heteroatoms. The van der Waals surface area contributed by atoms with Crippen LogP contribution in [0.4, 0.5) is 5.69 Å². The molecule has 0 amide bonds. The van der Waals surface area contributed by atoms with Crippen molar-refractivity contribution in [2.24, 2.45) is 0 Å². The summed E-state index contributed by atoms with van der Waals surface area (Å²) in [5.41, 5.74) is 23.5. The Hall–Kier alpha value is -19.8. The maximum absolute atomic E-state index is 4.97. The molecule has 6 aromatic carbocycles. The number of rotatable bonds is 0. The van der Waals surface area contributed by atoms with E-state index in [1.54, 1.807) is 106 Å². The molecular weight excluding hydrogens is 1700 g/mol. The first-order chi connectivity index (χ1) is 67.0. The Kier molecular flexibility index (Phi) is 33.3. The van der Waals surface area contributed by atoms with Crippen LogP contribution in [0.2, 0.25) is 0 Å². The van der Waals surface area contributed by atoms with E-state index in [-0.39, 0.29) is 0 Å². The van der Waals surface area contributed by atoms with Crippen molar-refractivity contribution in [1.82, 2.24) is 165 Å². The molecule has 28 aromatic rings. The highest BCUT2D eigenvalue weighted by Gasteiger charge is 2.07. The smallest absolute Gasteiger partial charge is 0.228 e. The van der Waals surface area contributed by atoms with Gasteiger partial charge in [0.05, 0.1) is 111 Å². The molecule has 29 rings (SSSR count). The van der Waals surface area contributed by atoms with Crippen LogP contribution in [0.1, 0.15) is 5.56 Å². The van der Waals surface area contributed by atoms with Gasteiger partial charge < -0.3 is 38.7 Å². The predicted octanol–water partition coefficient (Wildman–Crippen LogP) is 18.8. The molecule has 1 aliphatic heterocycles. The van der Waals surface area contributed by atoms with Crippen molar-refractivity contribution in [3.63, 3.8) is 0 Å². The fraction of sp³-hybridized carbons (Fsp3) is 0.0101. The summed E-state index contributed by atoms with van der Waals surface area (Å²) in [6.07, 6.45) is 58.4. The first-order valence-corrected chi connectivity index (χ1v) is 41.5. The van der Waals surface area contributed by atoms with Crippen LogP contribution < -0.4 is 10.9 Å². The van der Waals surface area contributed by atoms with E-state index in [2.05, 4.69) is 213 Å². The van der Waals surface area contributed by atoms with Gasteiger partial charge in [0.25, 0.3) is 0 Å². The van der Waals surface area contributed by atoms with Crippen molar-refractivity contribution in [2.75, 3.05) is 5.43 Å². The van der Waals surface area contributed by atoms with Gasteiger partial charge in [-0.25, -0.2) is 75.2 Å². The number of aromatic amines is 7. The molecule has 0 spiro atoms. The van der Waals surface area contributed by atoms with E-state index in [4.69, 9.17) is 4.42 Å². The lowest BCUT2D eigenvalue weighted by Gasteiger charge is -1.92. The zero-order valence-electron chi connectivity index (χ0n) is 71.7. The van der Waals surface area contributed by atoms with Gasteiger partial charge in [-0.3, -0.25) is 45.2 Å². The molecule has 23 heterocycles. The molecule has 22 aromatic heterocycles. The lowest BCUT2D eigenvalue weighted by atomic mass is 10.2. The van der Waals surface area contributed by atoms with E-state index in [1.807, 2.05) is 255 Å². The van der Waals surface area contributed by atoms with Crippen molar-refractivity contribution >= 4 is 143 Å². The maximum atomic E-state index is 4.97. The lowest BCUT2D eigenvalue weighted by Crippen LogP contribution is -2.10. The SMILES string of the molecule is c1cc2[nH]ccc2cn1.c1cc2c(cn1)CNN2.c1ccc2[nH]ccc2c1.c1ccc2[nH]ncc2c1.c1ccc2cnccc2c1.c1ccc2ncccc2c1.c1ccc2nccnc2c1.c1ccc2ncncc2c1.c1ccn2ccnc2c1.c1cnoc1.c1ncc2[nH]ccc2n1.c1ncc2[nH]cnc2n1.c1ncc2[nH]ncc2n1.c1ncc2ccoc2n1.c1ncc2cn[nH]c2n1. The number of hydrogen-bond acceptors (Lipinski definition) is 28. The average Bonchev–Trinajstić information content (AvgIpc) is 1.61. The summed E-state index contributed by atoms with van der Waals surface area (Å²) in [7, 11) is 0. The van der Waals surface area contributed by atoms with Gasteiger partial charge in [-0.05, 0) is 119 Å². The number of para-hydroxylation sites is 6. The highest BCUT2D eigenvalue weighted by molar-refractivity contribution is 5.83. The number of nitrogens with one attached hydrogen (secondary N) is 9. The first-order valence-electron chi connectivity index (χ1n) is 41.5. The molecule has 36 nitrogen and oxygen atoms in total. The second kappa shape index (κ2) is 49.9.